The van der Waals surface area contributed by atoms with Gasteiger partial charge in [0.25, 0.3) is 5.91 Å². The van der Waals surface area contributed by atoms with Crippen LogP contribution in [0.5, 0.6) is 0 Å². The third-order valence-electron chi connectivity index (χ3n) is 1.84. The smallest absolute Gasteiger partial charge is 0.275 e. The van der Waals surface area contributed by atoms with Crippen LogP contribution in [0.4, 0.5) is 0 Å². The van der Waals surface area contributed by atoms with Crippen molar-refractivity contribution in [3.63, 3.8) is 0 Å². The topological polar surface area (TPSA) is 61.9 Å². The number of hydrogen-bond donors (Lipinski definition) is 1. The van der Waals surface area contributed by atoms with E-state index in [2.05, 4.69) is 15.4 Å². The number of aromatic amines is 1. The lowest BCUT2D eigenvalue weighted by Crippen LogP contribution is -2.29. The van der Waals surface area contributed by atoms with Gasteiger partial charge >= 0.3 is 0 Å². The number of alkyl halides is 1. The fourth-order valence-electron chi connectivity index (χ4n) is 0.973. The van der Waals surface area contributed by atoms with Crippen LogP contribution in [0.1, 0.15) is 23.8 Å². The van der Waals surface area contributed by atoms with Crippen molar-refractivity contribution in [3.05, 3.63) is 11.9 Å². The van der Waals surface area contributed by atoms with Gasteiger partial charge in [0, 0.05) is 19.0 Å². The van der Waals surface area contributed by atoms with Crippen LogP contribution < -0.4 is 0 Å². The number of rotatable bonds is 4. The molecule has 0 aliphatic carbocycles. The van der Waals surface area contributed by atoms with Crippen molar-refractivity contribution in [3.8, 4) is 0 Å². The molecule has 0 fully saturated rings. The highest BCUT2D eigenvalue weighted by atomic mass is 35.5. The molecule has 1 atom stereocenters. The highest BCUT2D eigenvalue weighted by Crippen LogP contribution is 2.03. The molecule has 0 saturated heterocycles. The van der Waals surface area contributed by atoms with Crippen LogP contribution in [0.2, 0.25) is 0 Å². The minimum absolute atomic E-state index is 0.0718. The zero-order chi connectivity index (χ0) is 10.6. The average Bonchev–Trinajstić information content (AvgIpc) is 2.65. The van der Waals surface area contributed by atoms with Crippen LogP contribution in [-0.4, -0.2) is 45.2 Å². The number of H-pyrrole nitrogens is 1. The molecule has 1 amide bonds. The zero-order valence-electron chi connectivity index (χ0n) is 8.20. The summed E-state index contributed by atoms with van der Waals surface area (Å²) in [5, 5.41) is 9.74. The lowest BCUT2D eigenvalue weighted by atomic mass is 10.3. The second-order valence-electron chi connectivity index (χ2n) is 3.15. The molecule has 1 rings (SSSR count). The van der Waals surface area contributed by atoms with Crippen molar-refractivity contribution in [1.29, 1.82) is 0 Å². The summed E-state index contributed by atoms with van der Waals surface area (Å²) in [6.07, 6.45) is 2.17. The molecule has 1 aromatic rings. The van der Waals surface area contributed by atoms with Gasteiger partial charge in [-0.1, -0.05) is 0 Å². The summed E-state index contributed by atoms with van der Waals surface area (Å²) in [7, 11) is 1.72. The van der Waals surface area contributed by atoms with Crippen molar-refractivity contribution in [2.45, 2.75) is 18.7 Å². The Hall–Kier alpha value is -1.10. The molecule has 1 heterocycles. The second-order valence-corrected chi connectivity index (χ2v) is 3.90. The Morgan fingerprint density at radius 1 is 1.79 bits per heavy atom. The molecule has 1 N–H and O–H groups in total. The highest BCUT2D eigenvalue weighted by Gasteiger charge is 2.14. The standard InChI is InChI=1S/C8H13ClN4O/c1-6(9)3-4-13(2)8(14)7-5-10-12-11-7/h5-6H,3-4H2,1-2H3,(H,10,11,12). The number of nitrogens with one attached hydrogen (secondary N) is 1. The fraction of sp³-hybridized carbons (Fsp3) is 0.625. The van der Waals surface area contributed by atoms with E-state index in [1.807, 2.05) is 6.92 Å². The minimum Gasteiger partial charge on any atom is -0.340 e. The molecular formula is C8H13ClN4O. The molecular weight excluding hydrogens is 204 g/mol. The average molecular weight is 217 g/mol. The van der Waals surface area contributed by atoms with Crippen molar-refractivity contribution in [2.24, 2.45) is 0 Å². The second kappa shape index (κ2) is 4.95. The van der Waals surface area contributed by atoms with E-state index in [1.165, 1.54) is 6.20 Å². The van der Waals surface area contributed by atoms with E-state index in [0.717, 1.165) is 6.42 Å². The monoisotopic (exact) mass is 216 g/mol. The van der Waals surface area contributed by atoms with E-state index < -0.39 is 0 Å². The first-order chi connectivity index (χ1) is 6.61. The zero-order valence-corrected chi connectivity index (χ0v) is 8.95. The van der Waals surface area contributed by atoms with Gasteiger partial charge in [-0.3, -0.25) is 4.79 Å². The lowest BCUT2D eigenvalue weighted by Gasteiger charge is -2.15. The first kappa shape index (κ1) is 11.0. The van der Waals surface area contributed by atoms with Gasteiger partial charge in [0.05, 0.1) is 6.20 Å². The van der Waals surface area contributed by atoms with E-state index >= 15 is 0 Å². The maximum absolute atomic E-state index is 11.6. The van der Waals surface area contributed by atoms with E-state index in [1.54, 1.807) is 11.9 Å². The molecule has 0 spiro atoms. The SMILES string of the molecule is CC(Cl)CCN(C)C(=O)c1cn[nH]n1. The van der Waals surface area contributed by atoms with Crippen LogP contribution in [-0.2, 0) is 0 Å². The normalized spacial score (nSPS) is 12.5. The van der Waals surface area contributed by atoms with Crippen LogP contribution in [0, 0.1) is 0 Å². The quantitative estimate of drug-likeness (QED) is 0.761. The third kappa shape index (κ3) is 2.99. The number of nitrogens with zero attached hydrogens (tertiary/aromatic N) is 3. The van der Waals surface area contributed by atoms with E-state index in [4.69, 9.17) is 11.6 Å². The van der Waals surface area contributed by atoms with Gasteiger partial charge in [-0.25, -0.2) is 0 Å². The van der Waals surface area contributed by atoms with Crippen molar-refractivity contribution in [1.82, 2.24) is 20.3 Å². The largest absolute Gasteiger partial charge is 0.340 e. The Morgan fingerprint density at radius 2 is 2.50 bits per heavy atom. The molecule has 1 unspecified atom stereocenters. The number of aromatic nitrogens is 3. The summed E-state index contributed by atoms with van der Waals surface area (Å²) in [5.74, 6) is -0.143. The van der Waals surface area contributed by atoms with Gasteiger partial charge in [0.1, 0.15) is 0 Å². The van der Waals surface area contributed by atoms with E-state index in [9.17, 15) is 4.79 Å². The van der Waals surface area contributed by atoms with E-state index in [-0.39, 0.29) is 11.3 Å². The van der Waals surface area contributed by atoms with Gasteiger partial charge in [0.15, 0.2) is 5.69 Å². The Balaban J connectivity index is 2.45. The molecule has 0 aromatic carbocycles. The molecule has 14 heavy (non-hydrogen) atoms. The molecule has 0 radical (unpaired) electrons. The Bertz CT molecular complexity index is 286. The third-order valence-corrected chi connectivity index (χ3v) is 2.06. The molecule has 5 nitrogen and oxygen atoms in total. The number of halogens is 1. The fourth-order valence-corrected chi connectivity index (χ4v) is 1.07. The van der Waals surface area contributed by atoms with Crippen LogP contribution in [0.15, 0.2) is 6.20 Å². The Labute approximate surface area is 87.4 Å². The Kier molecular flexibility index (Phi) is 3.88. The minimum atomic E-state index is -0.143. The molecule has 78 valence electrons. The summed E-state index contributed by atoms with van der Waals surface area (Å²) in [6.45, 7) is 2.52. The molecule has 1 aromatic heterocycles. The predicted octanol–water partition coefficient (Wildman–Crippen LogP) is 0.894. The van der Waals surface area contributed by atoms with E-state index in [0.29, 0.717) is 12.2 Å². The maximum Gasteiger partial charge on any atom is 0.275 e. The highest BCUT2D eigenvalue weighted by molar-refractivity contribution is 6.20. The molecule has 0 aliphatic rings. The van der Waals surface area contributed by atoms with Crippen LogP contribution >= 0.6 is 11.6 Å². The summed E-state index contributed by atoms with van der Waals surface area (Å²) in [6, 6.07) is 0. The summed E-state index contributed by atoms with van der Waals surface area (Å²) in [4.78, 5) is 13.2. The number of carbonyl (C=O) groups is 1. The lowest BCUT2D eigenvalue weighted by molar-refractivity contribution is 0.0788. The Morgan fingerprint density at radius 3 is 3.00 bits per heavy atom. The number of carbonyl (C=O) groups excluding carboxylic acids is 1. The molecule has 0 bridgehead atoms. The van der Waals surface area contributed by atoms with Gasteiger partial charge in [-0.15, -0.1) is 11.6 Å². The molecule has 0 aliphatic heterocycles. The first-order valence-corrected chi connectivity index (χ1v) is 4.80. The van der Waals surface area contributed by atoms with Crippen LogP contribution in [0.3, 0.4) is 0 Å². The van der Waals surface area contributed by atoms with Gasteiger partial charge in [-0.05, 0) is 13.3 Å². The van der Waals surface area contributed by atoms with Crippen LogP contribution in [0.25, 0.3) is 0 Å². The van der Waals surface area contributed by atoms with Gasteiger partial charge in [-0.2, -0.15) is 15.4 Å². The van der Waals surface area contributed by atoms with Crippen molar-refractivity contribution in [2.75, 3.05) is 13.6 Å². The van der Waals surface area contributed by atoms with Crippen molar-refractivity contribution >= 4 is 17.5 Å². The predicted molar refractivity (Wildman–Crippen MR) is 53.3 cm³/mol. The molecule has 6 heteroatoms. The maximum atomic E-state index is 11.6. The van der Waals surface area contributed by atoms with Gasteiger partial charge < -0.3 is 4.90 Å². The number of hydrogen-bond acceptors (Lipinski definition) is 3. The summed E-state index contributed by atoms with van der Waals surface area (Å²) >= 11 is 5.78. The number of amides is 1. The van der Waals surface area contributed by atoms with Gasteiger partial charge in [0.2, 0.25) is 0 Å². The summed E-state index contributed by atoms with van der Waals surface area (Å²) in [5.41, 5.74) is 0.328. The first-order valence-electron chi connectivity index (χ1n) is 4.36. The van der Waals surface area contributed by atoms with Crippen molar-refractivity contribution < 1.29 is 4.79 Å². The summed E-state index contributed by atoms with van der Waals surface area (Å²) < 4.78 is 0. The molecule has 0 saturated carbocycles.